The van der Waals surface area contributed by atoms with Gasteiger partial charge in [-0.25, -0.2) is 4.39 Å². The van der Waals surface area contributed by atoms with Crippen LogP contribution < -0.4 is 5.32 Å². The Bertz CT molecular complexity index is 453. The Hall–Kier alpha value is -1.64. The average Bonchev–Trinajstić information content (AvgIpc) is 2.89. The van der Waals surface area contributed by atoms with Crippen LogP contribution in [0.25, 0.3) is 0 Å². The molecule has 0 spiro atoms. The molecule has 18 heavy (non-hydrogen) atoms. The van der Waals surface area contributed by atoms with Crippen molar-refractivity contribution in [2.45, 2.75) is 25.0 Å². The number of nitrogens with one attached hydrogen (secondary N) is 1. The third-order valence-electron chi connectivity index (χ3n) is 3.08. The van der Waals surface area contributed by atoms with Crippen molar-refractivity contribution in [3.05, 3.63) is 29.6 Å². The lowest BCUT2D eigenvalue weighted by molar-refractivity contribution is 0.0758. The summed E-state index contributed by atoms with van der Waals surface area (Å²) in [6, 6.07) is 5.90. The number of aliphatic hydroxyl groups excluding tert-OH is 1. The molecule has 4 nitrogen and oxygen atoms in total. The van der Waals surface area contributed by atoms with E-state index in [1.54, 1.807) is 6.07 Å². The Morgan fingerprint density at radius 1 is 1.61 bits per heavy atom. The lowest BCUT2D eigenvalue weighted by Crippen LogP contribution is -2.36. The molecule has 0 aliphatic carbocycles. The van der Waals surface area contributed by atoms with E-state index in [4.69, 9.17) is 10.00 Å². The van der Waals surface area contributed by atoms with Gasteiger partial charge in [-0.3, -0.25) is 0 Å². The molecule has 1 fully saturated rings. The van der Waals surface area contributed by atoms with Gasteiger partial charge in [0.05, 0.1) is 24.4 Å². The summed E-state index contributed by atoms with van der Waals surface area (Å²) in [4.78, 5) is 0. The maximum atomic E-state index is 13.4. The maximum Gasteiger partial charge on any atom is 0.143 e. The number of hydrogen-bond acceptors (Lipinski definition) is 4. The molecular weight excluding hydrogens is 235 g/mol. The summed E-state index contributed by atoms with van der Waals surface area (Å²) in [5.74, 6) is -0.563. The normalized spacial score (nSPS) is 20.4. The highest BCUT2D eigenvalue weighted by Gasteiger charge is 2.26. The Kier molecular flexibility index (Phi) is 4.13. The molecule has 0 saturated carbocycles. The van der Waals surface area contributed by atoms with Crippen LogP contribution >= 0.6 is 0 Å². The van der Waals surface area contributed by atoms with Crippen LogP contribution in [-0.2, 0) is 4.74 Å². The van der Waals surface area contributed by atoms with E-state index in [1.165, 1.54) is 12.1 Å². The molecule has 5 heteroatoms. The molecule has 1 aromatic rings. The van der Waals surface area contributed by atoms with Crippen molar-refractivity contribution >= 4 is 5.69 Å². The SMILES string of the molecule is N#Cc1c(F)cccc1N[C@H](CO)[C@H]1CCCO1. The van der Waals surface area contributed by atoms with E-state index in [-0.39, 0.29) is 24.3 Å². The number of anilines is 1. The van der Waals surface area contributed by atoms with E-state index in [9.17, 15) is 9.50 Å². The molecule has 0 radical (unpaired) electrons. The molecule has 2 atom stereocenters. The lowest BCUT2D eigenvalue weighted by atomic mass is 10.1. The molecule has 1 aromatic carbocycles. The largest absolute Gasteiger partial charge is 0.394 e. The standard InChI is InChI=1S/C13H15FN2O2/c14-10-3-1-4-11(9(10)7-15)16-12(8-17)13-5-2-6-18-13/h1,3-4,12-13,16-17H,2,5-6,8H2/t12-,13-/m1/s1. The van der Waals surface area contributed by atoms with Crippen molar-refractivity contribution in [2.75, 3.05) is 18.5 Å². The Morgan fingerprint density at radius 2 is 2.44 bits per heavy atom. The highest BCUT2D eigenvalue weighted by molar-refractivity contribution is 5.58. The van der Waals surface area contributed by atoms with Gasteiger partial charge >= 0.3 is 0 Å². The van der Waals surface area contributed by atoms with Gasteiger partial charge in [0.25, 0.3) is 0 Å². The summed E-state index contributed by atoms with van der Waals surface area (Å²) in [5.41, 5.74) is 0.362. The smallest absolute Gasteiger partial charge is 0.143 e. The molecule has 1 aliphatic rings. The van der Waals surface area contributed by atoms with Crippen LogP contribution in [0.4, 0.5) is 10.1 Å². The number of aliphatic hydroxyl groups is 1. The number of halogens is 1. The third kappa shape index (κ3) is 2.61. The molecule has 0 bridgehead atoms. The van der Waals surface area contributed by atoms with Gasteiger partial charge in [-0.1, -0.05) is 6.07 Å². The van der Waals surface area contributed by atoms with E-state index in [2.05, 4.69) is 5.32 Å². The van der Waals surface area contributed by atoms with Crippen molar-refractivity contribution in [1.82, 2.24) is 0 Å². The van der Waals surface area contributed by atoms with Gasteiger partial charge in [0.15, 0.2) is 0 Å². The Balaban J connectivity index is 2.17. The quantitative estimate of drug-likeness (QED) is 0.852. The fourth-order valence-electron chi connectivity index (χ4n) is 2.13. The molecule has 2 N–H and O–H groups in total. The summed E-state index contributed by atoms with van der Waals surface area (Å²) in [5, 5.41) is 21.3. The van der Waals surface area contributed by atoms with Crippen molar-refractivity contribution in [1.29, 1.82) is 5.26 Å². The van der Waals surface area contributed by atoms with Gasteiger partial charge in [-0.05, 0) is 25.0 Å². The fraction of sp³-hybridized carbons (Fsp3) is 0.462. The molecule has 2 rings (SSSR count). The number of rotatable bonds is 4. The Morgan fingerprint density at radius 3 is 3.06 bits per heavy atom. The zero-order chi connectivity index (χ0) is 13.0. The number of ether oxygens (including phenoxy) is 1. The highest BCUT2D eigenvalue weighted by atomic mass is 19.1. The molecule has 0 aromatic heterocycles. The minimum atomic E-state index is -0.563. The van der Waals surface area contributed by atoms with Crippen molar-refractivity contribution in [3.8, 4) is 6.07 Å². The first-order chi connectivity index (χ1) is 8.76. The predicted octanol–water partition coefficient (Wildman–Crippen LogP) is 1.65. The van der Waals surface area contributed by atoms with Crippen LogP contribution in [0.1, 0.15) is 18.4 Å². The second-order valence-corrected chi connectivity index (χ2v) is 4.26. The molecule has 1 heterocycles. The van der Waals surface area contributed by atoms with Crippen LogP contribution in [-0.4, -0.2) is 30.5 Å². The summed E-state index contributed by atoms with van der Waals surface area (Å²) < 4.78 is 18.9. The maximum absolute atomic E-state index is 13.4. The fourth-order valence-corrected chi connectivity index (χ4v) is 2.13. The predicted molar refractivity (Wildman–Crippen MR) is 64.6 cm³/mol. The molecular formula is C13H15FN2O2. The summed E-state index contributed by atoms with van der Waals surface area (Å²) in [7, 11) is 0. The second kappa shape index (κ2) is 5.80. The zero-order valence-electron chi connectivity index (χ0n) is 9.90. The Labute approximate surface area is 105 Å². The van der Waals surface area contributed by atoms with E-state index in [0.29, 0.717) is 12.3 Å². The van der Waals surface area contributed by atoms with Crippen LogP contribution in [0.5, 0.6) is 0 Å². The minimum absolute atomic E-state index is 0.0334. The van der Waals surface area contributed by atoms with Crippen LogP contribution in [0.15, 0.2) is 18.2 Å². The lowest BCUT2D eigenvalue weighted by Gasteiger charge is -2.23. The van der Waals surface area contributed by atoms with Crippen LogP contribution in [0.3, 0.4) is 0 Å². The van der Waals surface area contributed by atoms with E-state index in [0.717, 1.165) is 12.8 Å². The number of hydrogen-bond donors (Lipinski definition) is 2. The van der Waals surface area contributed by atoms with Gasteiger partial charge in [0.1, 0.15) is 17.4 Å². The van der Waals surface area contributed by atoms with Crippen molar-refractivity contribution in [3.63, 3.8) is 0 Å². The summed E-state index contributed by atoms with van der Waals surface area (Å²) >= 11 is 0. The van der Waals surface area contributed by atoms with Gasteiger partial charge in [-0.2, -0.15) is 5.26 Å². The van der Waals surface area contributed by atoms with Crippen LogP contribution in [0, 0.1) is 17.1 Å². The first-order valence-electron chi connectivity index (χ1n) is 5.94. The summed E-state index contributed by atoms with van der Waals surface area (Å²) in [6.07, 6.45) is 1.72. The molecule has 96 valence electrons. The summed E-state index contributed by atoms with van der Waals surface area (Å²) in [6.45, 7) is 0.559. The molecule has 0 unspecified atom stereocenters. The van der Waals surface area contributed by atoms with E-state index < -0.39 is 5.82 Å². The minimum Gasteiger partial charge on any atom is -0.394 e. The van der Waals surface area contributed by atoms with Crippen molar-refractivity contribution in [2.24, 2.45) is 0 Å². The number of nitrogens with zero attached hydrogens (tertiary/aromatic N) is 1. The second-order valence-electron chi connectivity index (χ2n) is 4.26. The number of benzene rings is 1. The zero-order valence-corrected chi connectivity index (χ0v) is 9.90. The van der Waals surface area contributed by atoms with Gasteiger partial charge in [0, 0.05) is 6.61 Å². The molecule has 1 aliphatic heterocycles. The monoisotopic (exact) mass is 250 g/mol. The van der Waals surface area contributed by atoms with Gasteiger partial charge in [-0.15, -0.1) is 0 Å². The van der Waals surface area contributed by atoms with Crippen molar-refractivity contribution < 1.29 is 14.2 Å². The highest BCUT2D eigenvalue weighted by Crippen LogP contribution is 2.22. The molecule has 1 saturated heterocycles. The van der Waals surface area contributed by atoms with Gasteiger partial charge < -0.3 is 15.2 Å². The van der Waals surface area contributed by atoms with Crippen LogP contribution in [0.2, 0.25) is 0 Å². The van der Waals surface area contributed by atoms with E-state index >= 15 is 0 Å². The number of nitriles is 1. The van der Waals surface area contributed by atoms with Gasteiger partial charge in [0.2, 0.25) is 0 Å². The van der Waals surface area contributed by atoms with E-state index in [1.807, 2.05) is 6.07 Å². The average molecular weight is 250 g/mol. The first-order valence-corrected chi connectivity index (χ1v) is 5.94. The topological polar surface area (TPSA) is 65.3 Å². The molecule has 0 amide bonds. The first kappa shape index (κ1) is 12.8. The third-order valence-corrected chi connectivity index (χ3v) is 3.08.